The highest BCUT2D eigenvalue weighted by molar-refractivity contribution is 7.98. The van der Waals surface area contributed by atoms with Crippen molar-refractivity contribution in [2.45, 2.75) is 6.42 Å². The topological polar surface area (TPSA) is 46.0 Å². The van der Waals surface area contributed by atoms with E-state index in [-0.39, 0.29) is 5.43 Å². The predicted molar refractivity (Wildman–Crippen MR) is 99.7 cm³/mol. The van der Waals surface area contributed by atoms with Crippen LogP contribution >= 0.6 is 23.1 Å². The highest BCUT2D eigenvalue weighted by atomic mass is 32.2. The molecule has 0 radical (unpaired) electrons. The van der Waals surface area contributed by atoms with Crippen molar-refractivity contribution in [3.05, 3.63) is 57.7 Å². The second kappa shape index (κ2) is 5.91. The molecule has 116 valence electrons. The van der Waals surface area contributed by atoms with Gasteiger partial charge in [0, 0.05) is 6.42 Å². The lowest BCUT2D eigenvalue weighted by Crippen LogP contribution is -2.01. The number of benzene rings is 1. The van der Waals surface area contributed by atoms with Crippen LogP contribution in [-0.4, -0.2) is 17.0 Å². The van der Waals surface area contributed by atoms with Crippen LogP contribution in [0.15, 0.2) is 51.0 Å². The number of fused-ring (bicyclic) bond motifs is 2. The van der Waals surface area contributed by atoms with Gasteiger partial charge in [-0.2, -0.15) is 11.8 Å². The number of nitrogens with one attached hydrogen (secondary N) is 1. The normalized spacial score (nSPS) is 11.5. The number of aromatic nitrogens is 1. The van der Waals surface area contributed by atoms with Gasteiger partial charge in [0.05, 0.1) is 27.0 Å². The highest BCUT2D eigenvalue weighted by Gasteiger charge is 2.19. The van der Waals surface area contributed by atoms with E-state index in [4.69, 9.17) is 4.42 Å². The first-order valence-electron chi connectivity index (χ1n) is 7.39. The van der Waals surface area contributed by atoms with Gasteiger partial charge >= 0.3 is 0 Å². The zero-order valence-electron chi connectivity index (χ0n) is 12.6. The number of thiophene rings is 1. The number of hydrogen-bond acceptors (Lipinski definition) is 4. The Hall–Kier alpha value is -1.98. The van der Waals surface area contributed by atoms with Gasteiger partial charge in [0.2, 0.25) is 5.43 Å². The molecular weight excluding hydrogens is 326 g/mol. The fourth-order valence-electron chi connectivity index (χ4n) is 2.84. The molecular formula is C18H15NO2S2. The lowest BCUT2D eigenvalue weighted by Gasteiger charge is -2.00. The molecule has 4 rings (SSSR count). The number of para-hydroxylation sites is 1. The summed E-state index contributed by atoms with van der Waals surface area (Å²) in [4.78, 5) is 17.5. The van der Waals surface area contributed by atoms with Crippen LogP contribution in [0.25, 0.3) is 32.5 Å². The van der Waals surface area contributed by atoms with E-state index in [1.807, 2.05) is 41.8 Å². The summed E-state index contributed by atoms with van der Waals surface area (Å²) >= 11 is 3.41. The van der Waals surface area contributed by atoms with Crippen LogP contribution in [0.2, 0.25) is 0 Å². The number of H-pyrrole nitrogens is 1. The Morgan fingerprint density at radius 2 is 2.09 bits per heavy atom. The molecule has 0 amide bonds. The quantitative estimate of drug-likeness (QED) is 0.574. The maximum absolute atomic E-state index is 13.0. The molecule has 0 unspecified atom stereocenters. The van der Waals surface area contributed by atoms with E-state index >= 15 is 0 Å². The van der Waals surface area contributed by atoms with Crippen molar-refractivity contribution >= 4 is 45.0 Å². The summed E-state index contributed by atoms with van der Waals surface area (Å²) in [5, 5.41) is 3.32. The molecule has 4 aromatic rings. The van der Waals surface area contributed by atoms with E-state index in [0.717, 1.165) is 28.4 Å². The van der Waals surface area contributed by atoms with E-state index in [9.17, 15) is 4.79 Å². The van der Waals surface area contributed by atoms with Crippen LogP contribution in [0.4, 0.5) is 0 Å². The summed E-state index contributed by atoms with van der Waals surface area (Å²) in [6.45, 7) is 0. The number of hydrogen-bond donors (Lipinski definition) is 1. The molecule has 23 heavy (non-hydrogen) atoms. The van der Waals surface area contributed by atoms with Crippen molar-refractivity contribution in [3.63, 3.8) is 0 Å². The Balaban J connectivity index is 2.09. The second-order valence-corrected chi connectivity index (χ2v) is 7.26. The average Bonchev–Trinajstić information content (AvgIpc) is 3.21. The summed E-state index contributed by atoms with van der Waals surface area (Å²) in [5.41, 5.74) is 3.27. The predicted octanol–water partition coefficient (Wildman–Crippen LogP) is 4.91. The molecule has 0 aliphatic rings. The average molecular weight is 341 g/mol. The minimum Gasteiger partial charge on any atom is -0.454 e. The Labute approximate surface area is 141 Å². The van der Waals surface area contributed by atoms with Crippen LogP contribution in [0.3, 0.4) is 0 Å². The molecule has 0 saturated heterocycles. The van der Waals surface area contributed by atoms with Crippen molar-refractivity contribution in [2.75, 3.05) is 12.0 Å². The number of thioether (sulfide) groups is 1. The molecule has 0 bridgehead atoms. The van der Waals surface area contributed by atoms with Gasteiger partial charge in [-0.25, -0.2) is 0 Å². The van der Waals surface area contributed by atoms with Gasteiger partial charge in [-0.1, -0.05) is 18.2 Å². The van der Waals surface area contributed by atoms with Gasteiger partial charge in [-0.05, 0) is 35.6 Å². The zero-order valence-corrected chi connectivity index (χ0v) is 14.2. The van der Waals surface area contributed by atoms with Crippen molar-refractivity contribution in [3.8, 4) is 10.6 Å². The Morgan fingerprint density at radius 3 is 2.87 bits per heavy atom. The first-order chi connectivity index (χ1) is 11.3. The zero-order chi connectivity index (χ0) is 15.8. The Kier molecular flexibility index (Phi) is 3.75. The summed E-state index contributed by atoms with van der Waals surface area (Å²) in [5.74, 6) is 0.982. The minimum atomic E-state index is 0.0388. The fraction of sp³-hybridized carbons (Fsp3) is 0.167. The molecule has 1 N–H and O–H groups in total. The molecule has 3 aromatic heterocycles. The standard InChI is InChI=1S/C18H15NO2S2/c1-22-10-8-12-18-15(16(19-12)14-7-4-9-23-14)17(20)11-5-2-3-6-13(11)21-18/h2-7,9,19H,8,10H2,1H3. The molecule has 0 spiro atoms. The Morgan fingerprint density at radius 1 is 1.22 bits per heavy atom. The van der Waals surface area contributed by atoms with E-state index < -0.39 is 0 Å². The maximum atomic E-state index is 13.0. The molecule has 0 atom stereocenters. The van der Waals surface area contributed by atoms with Gasteiger partial charge in [0.1, 0.15) is 5.58 Å². The van der Waals surface area contributed by atoms with E-state index in [1.54, 1.807) is 23.1 Å². The van der Waals surface area contributed by atoms with Gasteiger partial charge < -0.3 is 9.40 Å². The summed E-state index contributed by atoms with van der Waals surface area (Å²) in [6, 6.07) is 11.5. The second-order valence-electron chi connectivity index (χ2n) is 5.33. The van der Waals surface area contributed by atoms with Gasteiger partial charge in [0.25, 0.3) is 0 Å². The Bertz CT molecular complexity index is 1030. The third kappa shape index (κ3) is 2.40. The molecule has 3 nitrogen and oxygen atoms in total. The lowest BCUT2D eigenvalue weighted by molar-refractivity contribution is 0.654. The smallest absolute Gasteiger partial charge is 0.202 e. The molecule has 3 heterocycles. The van der Waals surface area contributed by atoms with Crippen LogP contribution < -0.4 is 5.43 Å². The van der Waals surface area contributed by atoms with E-state index in [2.05, 4.69) is 11.2 Å². The molecule has 5 heteroatoms. The fourth-order valence-corrected chi connectivity index (χ4v) is 3.98. The first kappa shape index (κ1) is 14.6. The summed E-state index contributed by atoms with van der Waals surface area (Å²) < 4.78 is 6.10. The molecule has 0 aliphatic carbocycles. The third-order valence-electron chi connectivity index (χ3n) is 3.92. The van der Waals surface area contributed by atoms with Crippen LogP contribution in [0.1, 0.15) is 5.69 Å². The van der Waals surface area contributed by atoms with Crippen LogP contribution in [0.5, 0.6) is 0 Å². The van der Waals surface area contributed by atoms with Crippen LogP contribution in [0, 0.1) is 0 Å². The van der Waals surface area contributed by atoms with Crippen molar-refractivity contribution in [1.82, 2.24) is 4.98 Å². The van der Waals surface area contributed by atoms with E-state index in [1.165, 1.54) is 0 Å². The van der Waals surface area contributed by atoms with Crippen molar-refractivity contribution < 1.29 is 4.42 Å². The monoisotopic (exact) mass is 341 g/mol. The number of rotatable bonds is 4. The SMILES string of the molecule is CSCCc1[nH]c(-c2cccs2)c2c(=O)c3ccccc3oc12. The van der Waals surface area contributed by atoms with Gasteiger partial charge in [-0.3, -0.25) is 4.79 Å². The van der Waals surface area contributed by atoms with Crippen molar-refractivity contribution in [1.29, 1.82) is 0 Å². The number of aromatic amines is 1. The molecule has 0 aliphatic heterocycles. The van der Waals surface area contributed by atoms with Gasteiger partial charge in [0.15, 0.2) is 5.58 Å². The first-order valence-corrected chi connectivity index (χ1v) is 9.66. The van der Waals surface area contributed by atoms with Gasteiger partial charge in [-0.15, -0.1) is 11.3 Å². The van der Waals surface area contributed by atoms with E-state index in [0.29, 0.717) is 21.9 Å². The summed E-state index contributed by atoms with van der Waals surface area (Å²) in [6.07, 6.45) is 2.93. The molecule has 0 fully saturated rings. The van der Waals surface area contributed by atoms with Crippen molar-refractivity contribution in [2.24, 2.45) is 0 Å². The largest absolute Gasteiger partial charge is 0.454 e. The summed E-state index contributed by atoms with van der Waals surface area (Å²) in [7, 11) is 0. The van der Waals surface area contributed by atoms with Crippen LogP contribution in [-0.2, 0) is 6.42 Å². The molecule has 1 aromatic carbocycles. The maximum Gasteiger partial charge on any atom is 0.202 e. The minimum absolute atomic E-state index is 0.0388. The number of aryl methyl sites for hydroxylation is 1. The molecule has 0 saturated carbocycles. The third-order valence-corrected chi connectivity index (χ3v) is 5.42. The highest BCUT2D eigenvalue weighted by Crippen LogP contribution is 2.33. The lowest BCUT2D eigenvalue weighted by atomic mass is 10.1.